The predicted octanol–water partition coefficient (Wildman–Crippen LogP) is 3.90. The molecule has 0 aromatic heterocycles. The summed E-state index contributed by atoms with van der Waals surface area (Å²) in [6, 6.07) is 6.55. The number of nitrogens with one attached hydrogen (secondary N) is 2. The van der Waals surface area contributed by atoms with Gasteiger partial charge in [-0.15, -0.1) is 0 Å². The fourth-order valence-corrected chi connectivity index (χ4v) is 3.52. The molecule has 3 amide bonds. The van der Waals surface area contributed by atoms with Crippen LogP contribution >= 0.6 is 0 Å². The van der Waals surface area contributed by atoms with Crippen molar-refractivity contribution in [2.24, 2.45) is 0 Å². The van der Waals surface area contributed by atoms with Crippen LogP contribution in [0.5, 0.6) is 0 Å². The van der Waals surface area contributed by atoms with Gasteiger partial charge < -0.3 is 25.0 Å². The maximum atomic E-state index is 13.5. The minimum atomic E-state index is -0.971. The number of amides is 3. The minimum Gasteiger partial charge on any atom is -0.466 e. The SMILES string of the molecule is CCOC(=O)CCNC(=O)C(c1ccc(CC)cc1)N(C(=O)CNC(=O)OC(C)(C)C)C(C)(C)CC. The van der Waals surface area contributed by atoms with Crippen LogP contribution in [0.2, 0.25) is 0 Å². The molecule has 0 bridgehead atoms. The van der Waals surface area contributed by atoms with Gasteiger partial charge >= 0.3 is 12.1 Å². The van der Waals surface area contributed by atoms with E-state index in [4.69, 9.17) is 9.47 Å². The Morgan fingerprint density at radius 3 is 2.06 bits per heavy atom. The molecule has 1 rings (SSSR count). The Morgan fingerprint density at radius 1 is 0.944 bits per heavy atom. The summed E-state index contributed by atoms with van der Waals surface area (Å²) < 4.78 is 10.2. The molecule has 0 heterocycles. The van der Waals surface area contributed by atoms with Gasteiger partial charge in [-0.25, -0.2) is 4.79 Å². The molecule has 0 aliphatic carbocycles. The number of ether oxygens (including phenoxy) is 2. The van der Waals surface area contributed by atoms with Crippen molar-refractivity contribution in [1.82, 2.24) is 15.5 Å². The number of rotatable bonds is 12. The van der Waals surface area contributed by atoms with Crippen LogP contribution in [-0.2, 0) is 30.3 Å². The molecule has 0 radical (unpaired) electrons. The maximum absolute atomic E-state index is 13.5. The Kier molecular flexibility index (Phi) is 11.9. The Balaban J connectivity index is 3.29. The van der Waals surface area contributed by atoms with E-state index in [2.05, 4.69) is 10.6 Å². The highest BCUT2D eigenvalue weighted by Gasteiger charge is 2.40. The van der Waals surface area contributed by atoms with E-state index >= 15 is 0 Å². The monoisotopic (exact) mass is 505 g/mol. The van der Waals surface area contributed by atoms with Gasteiger partial charge in [0.1, 0.15) is 18.2 Å². The average Bonchev–Trinajstić information content (AvgIpc) is 2.80. The topological polar surface area (TPSA) is 114 Å². The largest absolute Gasteiger partial charge is 0.466 e. The van der Waals surface area contributed by atoms with Gasteiger partial charge in [0, 0.05) is 12.1 Å². The van der Waals surface area contributed by atoms with E-state index in [1.165, 1.54) is 4.90 Å². The highest BCUT2D eigenvalue weighted by Crippen LogP contribution is 2.31. The third kappa shape index (κ3) is 9.87. The molecule has 0 saturated carbocycles. The first-order valence-electron chi connectivity index (χ1n) is 12.6. The first kappa shape index (κ1) is 30.9. The summed E-state index contributed by atoms with van der Waals surface area (Å²) in [4.78, 5) is 52.5. The number of nitrogens with zero attached hydrogens (tertiary/aromatic N) is 1. The number of carbonyl (C=O) groups excluding carboxylic acids is 4. The molecule has 1 atom stereocenters. The molecule has 1 unspecified atom stereocenters. The number of hydrogen-bond acceptors (Lipinski definition) is 6. The van der Waals surface area contributed by atoms with Gasteiger partial charge in [-0.1, -0.05) is 38.1 Å². The highest BCUT2D eigenvalue weighted by molar-refractivity contribution is 5.91. The molecule has 2 N–H and O–H groups in total. The third-order valence-corrected chi connectivity index (χ3v) is 5.71. The van der Waals surface area contributed by atoms with E-state index in [0.29, 0.717) is 12.0 Å². The summed E-state index contributed by atoms with van der Waals surface area (Å²) in [5.41, 5.74) is 0.296. The lowest BCUT2D eigenvalue weighted by Gasteiger charge is -2.43. The Hall–Kier alpha value is -3.10. The molecule has 0 saturated heterocycles. The molecule has 0 spiro atoms. The normalized spacial score (nSPS) is 12.3. The van der Waals surface area contributed by atoms with Crippen molar-refractivity contribution in [3.63, 3.8) is 0 Å². The maximum Gasteiger partial charge on any atom is 0.408 e. The quantitative estimate of drug-likeness (QED) is 0.417. The van der Waals surface area contributed by atoms with Crippen LogP contribution in [0, 0.1) is 0 Å². The highest BCUT2D eigenvalue weighted by atomic mass is 16.6. The molecule has 0 aliphatic rings. The second-order valence-corrected chi connectivity index (χ2v) is 10.1. The Morgan fingerprint density at radius 2 is 1.56 bits per heavy atom. The van der Waals surface area contributed by atoms with E-state index in [-0.39, 0.29) is 26.1 Å². The smallest absolute Gasteiger partial charge is 0.408 e. The van der Waals surface area contributed by atoms with Crippen LogP contribution in [0.1, 0.15) is 85.4 Å². The first-order chi connectivity index (χ1) is 16.8. The van der Waals surface area contributed by atoms with Crippen molar-refractivity contribution in [1.29, 1.82) is 0 Å². The predicted molar refractivity (Wildman–Crippen MR) is 138 cm³/mol. The number of alkyl carbamates (subject to hydrolysis) is 1. The van der Waals surface area contributed by atoms with Crippen LogP contribution in [0.3, 0.4) is 0 Å². The lowest BCUT2D eigenvalue weighted by Crippen LogP contribution is -2.56. The van der Waals surface area contributed by atoms with Crippen molar-refractivity contribution in [3.05, 3.63) is 35.4 Å². The first-order valence-corrected chi connectivity index (χ1v) is 12.6. The standard InChI is InChI=1S/C27H43N3O6/c1-9-19-12-14-20(15-13-19)23(24(33)28-17-16-22(32)35-11-3)30(27(7,8)10-2)21(31)18-29-25(34)36-26(4,5)6/h12-15,23H,9-11,16-18H2,1-8H3,(H,28,33)(H,29,34). The van der Waals surface area contributed by atoms with Gasteiger partial charge in [0.15, 0.2) is 0 Å². The summed E-state index contributed by atoms with van der Waals surface area (Å²) in [6.45, 7) is 14.6. The van der Waals surface area contributed by atoms with Crippen molar-refractivity contribution >= 4 is 23.9 Å². The second kappa shape index (κ2) is 13.8. The van der Waals surface area contributed by atoms with Crippen molar-refractivity contribution in [3.8, 4) is 0 Å². The number of aryl methyl sites for hydroxylation is 1. The van der Waals surface area contributed by atoms with E-state index in [0.717, 1.165) is 12.0 Å². The van der Waals surface area contributed by atoms with Gasteiger partial charge in [-0.05, 0) is 65.5 Å². The van der Waals surface area contributed by atoms with Gasteiger partial charge in [-0.3, -0.25) is 14.4 Å². The molecule has 1 aromatic carbocycles. The zero-order valence-electron chi connectivity index (χ0n) is 23.0. The zero-order chi connectivity index (χ0) is 27.5. The number of benzene rings is 1. The summed E-state index contributed by atoms with van der Waals surface area (Å²) in [6.07, 6.45) is 0.699. The van der Waals surface area contributed by atoms with E-state index < -0.39 is 41.1 Å². The number of hydrogen-bond donors (Lipinski definition) is 2. The molecule has 9 nitrogen and oxygen atoms in total. The molecule has 0 aliphatic heterocycles. The van der Waals surface area contributed by atoms with Crippen molar-refractivity contribution < 1.29 is 28.7 Å². The van der Waals surface area contributed by atoms with Crippen LogP contribution in [-0.4, -0.2) is 59.6 Å². The lowest BCUT2D eigenvalue weighted by molar-refractivity contribution is -0.147. The molecule has 1 aromatic rings. The molecule has 202 valence electrons. The van der Waals surface area contributed by atoms with Gasteiger partial charge in [0.05, 0.1) is 13.0 Å². The molecule has 9 heteroatoms. The van der Waals surface area contributed by atoms with Crippen LogP contribution < -0.4 is 10.6 Å². The van der Waals surface area contributed by atoms with Crippen molar-refractivity contribution in [2.45, 2.75) is 91.8 Å². The average molecular weight is 506 g/mol. The van der Waals surface area contributed by atoms with Crippen LogP contribution in [0.4, 0.5) is 4.79 Å². The molecule has 0 fully saturated rings. The van der Waals surface area contributed by atoms with E-state index in [1.54, 1.807) is 27.7 Å². The van der Waals surface area contributed by atoms with Gasteiger partial charge in [0.2, 0.25) is 11.8 Å². The Labute approximate surface area is 215 Å². The molecular formula is C27H43N3O6. The Bertz CT molecular complexity index is 890. The minimum absolute atomic E-state index is 0.0202. The number of esters is 1. The second-order valence-electron chi connectivity index (χ2n) is 10.1. The lowest BCUT2D eigenvalue weighted by atomic mass is 9.92. The van der Waals surface area contributed by atoms with Crippen LogP contribution in [0.25, 0.3) is 0 Å². The van der Waals surface area contributed by atoms with Gasteiger partial charge in [0.25, 0.3) is 0 Å². The van der Waals surface area contributed by atoms with Gasteiger partial charge in [-0.2, -0.15) is 0 Å². The van der Waals surface area contributed by atoms with E-state index in [1.807, 2.05) is 52.0 Å². The molecular weight excluding hydrogens is 462 g/mol. The number of carbonyl (C=O) groups is 4. The van der Waals surface area contributed by atoms with Crippen LogP contribution in [0.15, 0.2) is 24.3 Å². The van der Waals surface area contributed by atoms with E-state index in [9.17, 15) is 19.2 Å². The summed E-state index contributed by atoms with van der Waals surface area (Å²) in [5, 5.41) is 5.29. The summed E-state index contributed by atoms with van der Waals surface area (Å²) >= 11 is 0. The fourth-order valence-electron chi connectivity index (χ4n) is 3.52. The fraction of sp³-hybridized carbons (Fsp3) is 0.630. The third-order valence-electron chi connectivity index (χ3n) is 5.71. The molecule has 36 heavy (non-hydrogen) atoms. The summed E-state index contributed by atoms with van der Waals surface area (Å²) in [7, 11) is 0. The summed E-state index contributed by atoms with van der Waals surface area (Å²) in [5.74, 6) is -1.27. The van der Waals surface area contributed by atoms with Crippen molar-refractivity contribution in [2.75, 3.05) is 19.7 Å². The zero-order valence-corrected chi connectivity index (χ0v) is 23.0.